The number of hydrogen-bond donors (Lipinski definition) is 0. The highest BCUT2D eigenvalue weighted by Crippen LogP contribution is 2.28. The number of hydrogen-bond acceptors (Lipinski definition) is 4. The molecule has 0 aromatic carbocycles. The molecule has 0 aromatic rings. The molecule has 0 radical (unpaired) electrons. The van der Waals surface area contributed by atoms with E-state index in [0.717, 1.165) is 16.7 Å². The second kappa shape index (κ2) is 4.92. The zero-order valence-electron chi connectivity index (χ0n) is 9.87. The molecule has 0 unspecified atom stereocenters. The van der Waals surface area contributed by atoms with Gasteiger partial charge in [-0.05, 0) is 43.6 Å². The SMILES string of the molecule is CC1=CC(=C(C#N)C#N)C(C)=C(C)C1=NC#N. The molecule has 0 aliphatic heterocycles. The van der Waals surface area contributed by atoms with Crippen molar-refractivity contribution in [1.82, 2.24) is 0 Å². The van der Waals surface area contributed by atoms with Gasteiger partial charge in [0.05, 0.1) is 5.71 Å². The van der Waals surface area contributed by atoms with Crippen molar-refractivity contribution in [3.8, 4) is 18.3 Å². The Kier molecular flexibility index (Phi) is 3.60. The Hall–Kier alpha value is -2.64. The molecule has 0 atom stereocenters. The van der Waals surface area contributed by atoms with Gasteiger partial charge in [-0.2, -0.15) is 20.8 Å². The standard InChI is InChI=1S/C13H10N4/c1-8-4-12(11(5-14)6-15)9(2)10(3)13(8)17-7-16/h4H,1-3H3. The summed E-state index contributed by atoms with van der Waals surface area (Å²) in [5.41, 5.74) is 3.72. The maximum Gasteiger partial charge on any atom is 0.206 e. The maximum atomic E-state index is 8.87. The smallest absolute Gasteiger partial charge is 0.192 e. The van der Waals surface area contributed by atoms with Crippen LogP contribution in [-0.4, -0.2) is 5.71 Å². The quantitative estimate of drug-likeness (QED) is 0.466. The normalized spacial score (nSPS) is 17.1. The lowest BCUT2D eigenvalue weighted by molar-refractivity contribution is 1.26. The van der Waals surface area contributed by atoms with Crippen LogP contribution in [0.4, 0.5) is 0 Å². The highest BCUT2D eigenvalue weighted by Gasteiger charge is 2.19. The van der Waals surface area contributed by atoms with Crippen molar-refractivity contribution >= 4 is 5.71 Å². The Morgan fingerprint density at radius 3 is 2.12 bits per heavy atom. The van der Waals surface area contributed by atoms with E-state index in [1.165, 1.54) is 0 Å². The van der Waals surface area contributed by atoms with E-state index in [2.05, 4.69) is 4.99 Å². The van der Waals surface area contributed by atoms with Gasteiger partial charge >= 0.3 is 0 Å². The lowest BCUT2D eigenvalue weighted by Gasteiger charge is -2.17. The molecule has 4 heteroatoms. The number of allylic oxidation sites excluding steroid dienone is 6. The van der Waals surface area contributed by atoms with E-state index in [9.17, 15) is 0 Å². The molecule has 4 nitrogen and oxygen atoms in total. The van der Waals surface area contributed by atoms with E-state index in [4.69, 9.17) is 15.8 Å². The summed E-state index contributed by atoms with van der Waals surface area (Å²) in [6, 6.07) is 3.75. The minimum Gasteiger partial charge on any atom is -0.192 e. The van der Waals surface area contributed by atoms with Crippen LogP contribution in [-0.2, 0) is 0 Å². The van der Waals surface area contributed by atoms with Crippen LogP contribution in [0.25, 0.3) is 0 Å². The molecule has 0 spiro atoms. The van der Waals surface area contributed by atoms with Gasteiger partial charge in [-0.25, -0.2) is 0 Å². The third-order valence-corrected chi connectivity index (χ3v) is 2.71. The van der Waals surface area contributed by atoms with Gasteiger partial charge in [-0.15, -0.1) is 0 Å². The Morgan fingerprint density at radius 2 is 1.65 bits per heavy atom. The number of nitrogens with zero attached hydrogens (tertiary/aromatic N) is 4. The Bertz CT molecular complexity index is 591. The van der Waals surface area contributed by atoms with Crippen LogP contribution in [0, 0.1) is 34.1 Å². The molecule has 0 aromatic heterocycles. The van der Waals surface area contributed by atoms with Crippen molar-refractivity contribution in [3.63, 3.8) is 0 Å². The Morgan fingerprint density at radius 1 is 1.06 bits per heavy atom. The molecule has 0 N–H and O–H groups in total. The molecular formula is C13H10N4. The summed E-state index contributed by atoms with van der Waals surface area (Å²) in [4.78, 5) is 3.75. The van der Waals surface area contributed by atoms with Gasteiger partial charge in [0.1, 0.15) is 17.7 Å². The molecule has 1 aliphatic rings. The monoisotopic (exact) mass is 222 g/mol. The van der Waals surface area contributed by atoms with E-state index in [1.807, 2.05) is 26.0 Å². The largest absolute Gasteiger partial charge is 0.206 e. The molecule has 0 amide bonds. The first-order valence-corrected chi connectivity index (χ1v) is 4.95. The van der Waals surface area contributed by atoms with Gasteiger partial charge in [-0.3, -0.25) is 0 Å². The molecule has 1 aliphatic carbocycles. The predicted octanol–water partition coefficient (Wildman–Crippen LogP) is 2.55. The molecular weight excluding hydrogens is 212 g/mol. The van der Waals surface area contributed by atoms with Gasteiger partial charge in [0.15, 0.2) is 0 Å². The van der Waals surface area contributed by atoms with Gasteiger partial charge in [0, 0.05) is 5.57 Å². The van der Waals surface area contributed by atoms with Crippen LogP contribution in [0.3, 0.4) is 0 Å². The number of aliphatic imine (C=N–C) groups is 1. The summed E-state index contributed by atoms with van der Waals surface area (Å²) in [5.74, 6) is 0. The summed E-state index contributed by atoms with van der Waals surface area (Å²) in [6.45, 7) is 5.45. The summed E-state index contributed by atoms with van der Waals surface area (Å²) < 4.78 is 0. The van der Waals surface area contributed by atoms with Crippen LogP contribution in [0.1, 0.15) is 20.8 Å². The van der Waals surface area contributed by atoms with Crippen molar-refractivity contribution in [2.45, 2.75) is 20.8 Å². The molecule has 0 saturated carbocycles. The third-order valence-electron chi connectivity index (χ3n) is 2.71. The number of rotatable bonds is 0. The average molecular weight is 222 g/mol. The second-order valence-electron chi connectivity index (χ2n) is 3.65. The molecule has 0 fully saturated rings. The van der Waals surface area contributed by atoms with Crippen LogP contribution < -0.4 is 0 Å². The molecule has 0 saturated heterocycles. The van der Waals surface area contributed by atoms with E-state index in [1.54, 1.807) is 19.2 Å². The zero-order valence-corrected chi connectivity index (χ0v) is 9.87. The van der Waals surface area contributed by atoms with Crippen molar-refractivity contribution in [2.75, 3.05) is 0 Å². The molecule has 0 bridgehead atoms. The predicted molar refractivity (Wildman–Crippen MR) is 63.4 cm³/mol. The fourth-order valence-electron chi connectivity index (χ4n) is 1.70. The third kappa shape index (κ3) is 2.14. The van der Waals surface area contributed by atoms with Crippen molar-refractivity contribution < 1.29 is 0 Å². The summed E-state index contributed by atoms with van der Waals surface area (Å²) in [6.07, 6.45) is 3.48. The first kappa shape index (κ1) is 12.4. The van der Waals surface area contributed by atoms with E-state index in [-0.39, 0.29) is 5.57 Å². The highest BCUT2D eigenvalue weighted by molar-refractivity contribution is 6.14. The lowest BCUT2D eigenvalue weighted by atomic mass is 9.86. The molecule has 1 rings (SSSR count). The second-order valence-corrected chi connectivity index (χ2v) is 3.65. The van der Waals surface area contributed by atoms with Crippen molar-refractivity contribution in [1.29, 1.82) is 15.8 Å². The van der Waals surface area contributed by atoms with Crippen molar-refractivity contribution in [3.05, 3.63) is 33.9 Å². The van der Waals surface area contributed by atoms with Gasteiger partial charge in [0.25, 0.3) is 0 Å². The molecule has 17 heavy (non-hydrogen) atoms. The average Bonchev–Trinajstić information content (AvgIpc) is 2.32. The Balaban J connectivity index is 3.56. The fourth-order valence-corrected chi connectivity index (χ4v) is 1.70. The molecule has 0 heterocycles. The van der Waals surface area contributed by atoms with E-state index >= 15 is 0 Å². The summed E-state index contributed by atoms with van der Waals surface area (Å²) in [7, 11) is 0. The minimum atomic E-state index is 0.0807. The molecule has 82 valence electrons. The van der Waals surface area contributed by atoms with Crippen LogP contribution in [0.2, 0.25) is 0 Å². The van der Waals surface area contributed by atoms with Gasteiger partial charge in [0.2, 0.25) is 6.19 Å². The topological polar surface area (TPSA) is 83.7 Å². The highest BCUT2D eigenvalue weighted by atomic mass is 14.7. The minimum absolute atomic E-state index is 0.0807. The first-order chi connectivity index (χ1) is 8.06. The Labute approximate surface area is 100 Å². The van der Waals surface area contributed by atoms with Crippen LogP contribution in [0.5, 0.6) is 0 Å². The van der Waals surface area contributed by atoms with Crippen molar-refractivity contribution in [2.24, 2.45) is 4.99 Å². The number of nitriles is 3. The first-order valence-electron chi connectivity index (χ1n) is 4.95. The van der Waals surface area contributed by atoms with Crippen LogP contribution >= 0.6 is 0 Å². The summed E-state index contributed by atoms with van der Waals surface area (Å²) in [5, 5.41) is 26.3. The van der Waals surface area contributed by atoms with E-state index < -0.39 is 0 Å². The van der Waals surface area contributed by atoms with Gasteiger partial charge in [-0.1, -0.05) is 0 Å². The zero-order chi connectivity index (χ0) is 13.0. The van der Waals surface area contributed by atoms with Gasteiger partial charge < -0.3 is 0 Å². The maximum absolute atomic E-state index is 8.87. The summed E-state index contributed by atoms with van der Waals surface area (Å²) >= 11 is 0. The van der Waals surface area contributed by atoms with Crippen LogP contribution in [0.15, 0.2) is 38.9 Å². The lowest BCUT2D eigenvalue weighted by Crippen LogP contribution is -2.11. The fraction of sp³-hybridized carbons (Fsp3) is 0.231. The van der Waals surface area contributed by atoms with E-state index in [0.29, 0.717) is 11.3 Å².